The van der Waals surface area contributed by atoms with Gasteiger partial charge in [-0.15, -0.1) is 0 Å². The van der Waals surface area contributed by atoms with Gasteiger partial charge in [-0.3, -0.25) is 10.1 Å². The quantitative estimate of drug-likeness (QED) is 0.473. The van der Waals surface area contributed by atoms with Crippen LogP contribution in [0.3, 0.4) is 0 Å². The van der Waals surface area contributed by atoms with E-state index in [1.807, 2.05) is 0 Å². The van der Waals surface area contributed by atoms with E-state index in [2.05, 4.69) is 9.97 Å². The summed E-state index contributed by atoms with van der Waals surface area (Å²) in [5.74, 6) is 0. The zero-order valence-corrected chi connectivity index (χ0v) is 13.1. The van der Waals surface area contributed by atoms with E-state index in [1.54, 1.807) is 0 Å². The molecule has 128 valence electrons. The van der Waals surface area contributed by atoms with Gasteiger partial charge in [-0.1, -0.05) is 0 Å². The maximum absolute atomic E-state index is 12.7. The van der Waals surface area contributed by atoms with Crippen LogP contribution >= 0.6 is 0 Å². The molecule has 2 aromatic rings. The highest BCUT2D eigenvalue weighted by Gasteiger charge is 2.36. The van der Waals surface area contributed by atoms with Crippen LogP contribution < -0.4 is 0 Å². The Morgan fingerprint density at radius 3 is 2.08 bits per heavy atom. The van der Waals surface area contributed by atoms with Crippen molar-refractivity contribution >= 4 is 15.5 Å². The monoisotopic (exact) mass is 361 g/mol. The summed E-state index contributed by atoms with van der Waals surface area (Å²) in [5.41, 5.74) is -1.91. The molecule has 1 aromatic carbocycles. The third-order valence-corrected chi connectivity index (χ3v) is 4.56. The standard InChI is InChI=1S/C13H10F3N3O4S/c1-7-5-8(2)18-12(17-7)24(22,23)11-4-3-9(13(14,15)16)6-10(11)19(20)21/h3-6H,1-2H3. The van der Waals surface area contributed by atoms with Gasteiger partial charge in [-0.2, -0.15) is 13.2 Å². The maximum Gasteiger partial charge on any atom is 0.416 e. The van der Waals surface area contributed by atoms with Crippen molar-refractivity contribution in [3.8, 4) is 0 Å². The average molecular weight is 361 g/mol. The molecule has 0 fully saturated rings. The molecule has 0 unspecified atom stereocenters. The third kappa shape index (κ3) is 3.35. The van der Waals surface area contributed by atoms with Crippen LogP contribution in [0.4, 0.5) is 18.9 Å². The number of hydrogen-bond donors (Lipinski definition) is 0. The Labute approximate surface area is 134 Å². The molecule has 7 nitrogen and oxygen atoms in total. The van der Waals surface area contributed by atoms with E-state index in [0.717, 1.165) is 0 Å². The number of sulfone groups is 1. The lowest BCUT2D eigenvalue weighted by Gasteiger charge is -2.09. The summed E-state index contributed by atoms with van der Waals surface area (Å²) < 4.78 is 63.1. The Morgan fingerprint density at radius 1 is 1.08 bits per heavy atom. The molecule has 0 aliphatic rings. The zero-order valence-electron chi connectivity index (χ0n) is 12.3. The second kappa shape index (κ2) is 5.82. The van der Waals surface area contributed by atoms with Gasteiger partial charge < -0.3 is 0 Å². The largest absolute Gasteiger partial charge is 0.416 e. The fraction of sp³-hybridized carbons (Fsp3) is 0.231. The van der Waals surface area contributed by atoms with Crippen LogP contribution in [0.1, 0.15) is 17.0 Å². The molecular formula is C13H10F3N3O4S. The topological polar surface area (TPSA) is 103 Å². The Morgan fingerprint density at radius 2 is 1.62 bits per heavy atom. The van der Waals surface area contributed by atoms with E-state index in [9.17, 15) is 31.7 Å². The van der Waals surface area contributed by atoms with Crippen LogP contribution in [-0.2, 0) is 16.0 Å². The van der Waals surface area contributed by atoms with Gasteiger partial charge in [0.15, 0.2) is 4.90 Å². The molecule has 0 saturated heterocycles. The molecular weight excluding hydrogens is 351 g/mol. The molecule has 24 heavy (non-hydrogen) atoms. The van der Waals surface area contributed by atoms with Crippen molar-refractivity contribution in [2.45, 2.75) is 30.1 Å². The average Bonchev–Trinajstić information content (AvgIpc) is 2.44. The van der Waals surface area contributed by atoms with Crippen LogP contribution in [0.25, 0.3) is 0 Å². The number of nitro groups is 1. The zero-order chi connectivity index (χ0) is 18.3. The summed E-state index contributed by atoms with van der Waals surface area (Å²) in [6.45, 7) is 2.99. The minimum atomic E-state index is -4.84. The highest BCUT2D eigenvalue weighted by molar-refractivity contribution is 7.91. The molecule has 0 N–H and O–H groups in total. The van der Waals surface area contributed by atoms with Gasteiger partial charge >= 0.3 is 6.18 Å². The Balaban J connectivity index is 2.72. The van der Waals surface area contributed by atoms with Crippen LogP contribution in [0.2, 0.25) is 0 Å². The molecule has 0 aliphatic heterocycles. The number of hydrogen-bond acceptors (Lipinski definition) is 6. The SMILES string of the molecule is Cc1cc(C)nc(S(=O)(=O)c2ccc(C(F)(F)F)cc2[N+](=O)[O-])n1. The number of alkyl halides is 3. The number of nitrogens with zero attached hydrogens (tertiary/aromatic N) is 3. The summed E-state index contributed by atoms with van der Waals surface area (Å²) in [4.78, 5) is 16.4. The van der Waals surface area contributed by atoms with Gasteiger partial charge in [0.25, 0.3) is 10.8 Å². The molecule has 0 spiro atoms. The molecule has 1 heterocycles. The predicted octanol–water partition coefficient (Wildman–Crippen LogP) is 2.85. The number of nitro benzene ring substituents is 1. The van der Waals surface area contributed by atoms with E-state index in [-0.39, 0.29) is 6.07 Å². The Hall–Kier alpha value is -2.56. The molecule has 0 bridgehead atoms. The van der Waals surface area contributed by atoms with Gasteiger partial charge in [0, 0.05) is 17.5 Å². The van der Waals surface area contributed by atoms with Gasteiger partial charge in [-0.25, -0.2) is 18.4 Å². The number of aryl methyl sites for hydroxylation is 2. The van der Waals surface area contributed by atoms with Crippen molar-refractivity contribution in [3.05, 3.63) is 51.3 Å². The number of benzene rings is 1. The fourth-order valence-corrected chi connectivity index (χ4v) is 3.36. The van der Waals surface area contributed by atoms with E-state index < -0.39 is 42.2 Å². The number of rotatable bonds is 3. The predicted molar refractivity (Wildman–Crippen MR) is 75.1 cm³/mol. The normalized spacial score (nSPS) is 12.2. The summed E-state index contributed by atoms with van der Waals surface area (Å²) in [6, 6.07) is 2.66. The molecule has 11 heteroatoms. The van der Waals surface area contributed by atoms with Crippen LogP contribution in [-0.4, -0.2) is 23.3 Å². The smallest absolute Gasteiger partial charge is 0.258 e. The maximum atomic E-state index is 12.7. The van der Waals surface area contributed by atoms with Crippen molar-refractivity contribution < 1.29 is 26.5 Å². The van der Waals surface area contributed by atoms with Gasteiger partial charge in [0.05, 0.1) is 10.5 Å². The summed E-state index contributed by atoms with van der Waals surface area (Å²) in [5, 5.41) is 10.3. The molecule has 1 aromatic heterocycles. The Kier molecular flexibility index (Phi) is 4.31. The molecule has 0 aliphatic carbocycles. The van der Waals surface area contributed by atoms with Crippen LogP contribution in [0.5, 0.6) is 0 Å². The first-order valence-electron chi connectivity index (χ1n) is 6.36. The molecule has 0 amide bonds. The van der Waals surface area contributed by atoms with Crippen molar-refractivity contribution in [3.63, 3.8) is 0 Å². The van der Waals surface area contributed by atoms with Crippen LogP contribution in [0, 0.1) is 24.0 Å². The Bertz CT molecular complexity index is 906. The summed E-state index contributed by atoms with van der Waals surface area (Å²) in [6.07, 6.45) is -4.84. The van der Waals surface area contributed by atoms with Crippen molar-refractivity contribution in [1.82, 2.24) is 9.97 Å². The molecule has 0 radical (unpaired) electrons. The molecule has 0 saturated carbocycles. The van der Waals surface area contributed by atoms with Crippen molar-refractivity contribution in [1.29, 1.82) is 0 Å². The molecule has 2 rings (SSSR count). The highest BCUT2D eigenvalue weighted by atomic mass is 32.2. The number of aromatic nitrogens is 2. The van der Waals surface area contributed by atoms with E-state index in [1.165, 1.54) is 19.9 Å². The first-order valence-corrected chi connectivity index (χ1v) is 7.84. The van der Waals surface area contributed by atoms with Gasteiger partial charge in [-0.05, 0) is 32.0 Å². The molecule has 0 atom stereocenters. The highest BCUT2D eigenvalue weighted by Crippen LogP contribution is 2.35. The van der Waals surface area contributed by atoms with E-state index in [0.29, 0.717) is 23.5 Å². The van der Waals surface area contributed by atoms with Gasteiger partial charge in [0.2, 0.25) is 9.84 Å². The van der Waals surface area contributed by atoms with Crippen molar-refractivity contribution in [2.75, 3.05) is 0 Å². The van der Waals surface area contributed by atoms with E-state index >= 15 is 0 Å². The number of halogens is 3. The lowest BCUT2D eigenvalue weighted by atomic mass is 10.2. The summed E-state index contributed by atoms with van der Waals surface area (Å²) >= 11 is 0. The van der Waals surface area contributed by atoms with Gasteiger partial charge in [0.1, 0.15) is 0 Å². The van der Waals surface area contributed by atoms with Crippen LogP contribution in [0.15, 0.2) is 34.3 Å². The minimum Gasteiger partial charge on any atom is -0.258 e. The lowest BCUT2D eigenvalue weighted by molar-refractivity contribution is -0.388. The summed E-state index contributed by atoms with van der Waals surface area (Å²) in [7, 11) is -4.55. The minimum absolute atomic E-state index is 0.176. The second-order valence-electron chi connectivity index (χ2n) is 4.87. The third-order valence-electron chi connectivity index (χ3n) is 2.97. The van der Waals surface area contributed by atoms with E-state index in [4.69, 9.17) is 0 Å². The first-order chi connectivity index (χ1) is 10.9. The van der Waals surface area contributed by atoms with Crippen molar-refractivity contribution in [2.24, 2.45) is 0 Å². The second-order valence-corrected chi connectivity index (χ2v) is 6.69. The lowest BCUT2D eigenvalue weighted by Crippen LogP contribution is -2.13. The fourth-order valence-electron chi connectivity index (χ4n) is 1.98. The first kappa shape index (κ1) is 17.8.